The molecule has 0 atom stereocenters. The second-order valence-corrected chi connectivity index (χ2v) is 8.81. The lowest BCUT2D eigenvalue weighted by atomic mass is 10.2. The minimum atomic E-state index is -0.164. The van der Waals surface area contributed by atoms with Crippen molar-refractivity contribution < 1.29 is 4.79 Å². The number of pyridine rings is 1. The van der Waals surface area contributed by atoms with Gasteiger partial charge in [0.05, 0.1) is 0 Å². The molecule has 0 aliphatic carbocycles. The Morgan fingerprint density at radius 1 is 1.07 bits per heavy atom. The maximum absolute atomic E-state index is 12.7. The molecule has 1 saturated heterocycles. The van der Waals surface area contributed by atoms with Crippen molar-refractivity contribution in [1.82, 2.24) is 14.4 Å². The highest BCUT2D eigenvalue weighted by Gasteiger charge is 2.23. The Balaban J connectivity index is 1.35. The van der Waals surface area contributed by atoms with Crippen molar-refractivity contribution in [2.75, 3.05) is 26.2 Å². The number of rotatable bonds is 4. The van der Waals surface area contributed by atoms with E-state index in [1.165, 1.54) is 20.4 Å². The van der Waals surface area contributed by atoms with E-state index >= 15 is 0 Å². The average Bonchev–Trinajstić information content (AvgIpc) is 3.19. The molecule has 1 fully saturated rings. The Kier molecular flexibility index (Phi) is 5.85. The van der Waals surface area contributed by atoms with Crippen LogP contribution in [0.2, 0.25) is 5.02 Å². The molecule has 5 nitrogen and oxygen atoms in total. The van der Waals surface area contributed by atoms with E-state index in [2.05, 4.69) is 23.1 Å². The quantitative estimate of drug-likeness (QED) is 0.637. The maximum atomic E-state index is 12.7. The predicted molar refractivity (Wildman–Crippen MR) is 118 cm³/mol. The van der Waals surface area contributed by atoms with Gasteiger partial charge in [-0.2, -0.15) is 0 Å². The highest BCUT2D eigenvalue weighted by Crippen LogP contribution is 2.30. The summed E-state index contributed by atoms with van der Waals surface area (Å²) in [5, 5.41) is 0.745. The summed E-state index contributed by atoms with van der Waals surface area (Å²) in [6.45, 7) is 3.85. The summed E-state index contributed by atoms with van der Waals surface area (Å²) >= 11 is 7.88. The first kappa shape index (κ1) is 19.9. The number of aryl methyl sites for hydroxylation is 1. The van der Waals surface area contributed by atoms with Crippen LogP contribution >= 0.6 is 22.9 Å². The van der Waals surface area contributed by atoms with Crippen LogP contribution in [0, 0.1) is 0 Å². The van der Waals surface area contributed by atoms with E-state index in [1.807, 2.05) is 23.1 Å². The highest BCUT2D eigenvalue weighted by molar-refractivity contribution is 7.15. The number of halogens is 1. The van der Waals surface area contributed by atoms with Crippen molar-refractivity contribution in [3.05, 3.63) is 80.5 Å². The van der Waals surface area contributed by atoms with E-state index in [0.29, 0.717) is 18.7 Å². The highest BCUT2D eigenvalue weighted by atomic mass is 35.5. The van der Waals surface area contributed by atoms with Crippen LogP contribution in [0.5, 0.6) is 0 Å². The molecule has 0 saturated carbocycles. The molecule has 29 heavy (non-hydrogen) atoms. The molecule has 1 aliphatic rings. The third-order valence-corrected chi connectivity index (χ3v) is 6.52. The zero-order valence-corrected chi connectivity index (χ0v) is 17.7. The Bertz CT molecular complexity index is 1080. The van der Waals surface area contributed by atoms with Crippen LogP contribution in [0.1, 0.15) is 15.2 Å². The van der Waals surface area contributed by atoms with E-state index < -0.39 is 0 Å². The molecule has 1 aliphatic heterocycles. The van der Waals surface area contributed by atoms with Gasteiger partial charge in [0.25, 0.3) is 11.5 Å². The molecule has 3 aromatic rings. The lowest BCUT2D eigenvalue weighted by Crippen LogP contribution is -2.48. The molecule has 0 radical (unpaired) electrons. The molecule has 1 amide bonds. The summed E-state index contributed by atoms with van der Waals surface area (Å²) in [6, 6.07) is 15.3. The fourth-order valence-electron chi connectivity index (χ4n) is 3.45. The van der Waals surface area contributed by atoms with Crippen LogP contribution in [0.25, 0.3) is 10.4 Å². The number of thiophene rings is 1. The number of carbonyl (C=O) groups excluding carboxylic acids is 1. The standard InChI is InChI=1S/C22H22ClN3O2S/c1-24-8-7-17(14-21(24)27)22(28)26-11-9-25(10-12-26)15-19-5-6-20(29-19)16-3-2-4-18(23)13-16/h2-8,13-14H,9-12,15H2,1H3. The number of carbonyl (C=O) groups is 1. The van der Waals surface area contributed by atoms with Gasteiger partial charge in [0.1, 0.15) is 0 Å². The van der Waals surface area contributed by atoms with Gasteiger partial charge in [0, 0.05) is 72.4 Å². The van der Waals surface area contributed by atoms with Gasteiger partial charge >= 0.3 is 0 Å². The second-order valence-electron chi connectivity index (χ2n) is 7.21. The largest absolute Gasteiger partial charge is 0.336 e. The van der Waals surface area contributed by atoms with Crippen LogP contribution < -0.4 is 5.56 Å². The van der Waals surface area contributed by atoms with Gasteiger partial charge in [-0.1, -0.05) is 23.7 Å². The Morgan fingerprint density at radius 3 is 2.59 bits per heavy atom. The summed E-state index contributed by atoms with van der Waals surface area (Å²) in [5.74, 6) is -0.0679. The predicted octanol–water partition coefficient (Wildman–Crippen LogP) is 3.73. The van der Waals surface area contributed by atoms with E-state index in [-0.39, 0.29) is 11.5 Å². The smallest absolute Gasteiger partial charge is 0.254 e. The molecule has 2 aromatic heterocycles. The first-order valence-corrected chi connectivity index (χ1v) is 10.7. The Morgan fingerprint density at radius 2 is 1.86 bits per heavy atom. The van der Waals surface area contributed by atoms with Crippen LogP contribution in [0.4, 0.5) is 0 Å². The number of piperazine rings is 1. The fraction of sp³-hybridized carbons (Fsp3) is 0.273. The lowest BCUT2D eigenvalue weighted by molar-refractivity contribution is 0.0629. The van der Waals surface area contributed by atoms with Gasteiger partial charge in [-0.3, -0.25) is 14.5 Å². The van der Waals surface area contributed by atoms with Crippen molar-refractivity contribution in [2.24, 2.45) is 7.05 Å². The summed E-state index contributed by atoms with van der Waals surface area (Å²) < 4.78 is 1.47. The molecular formula is C22H22ClN3O2S. The molecule has 3 heterocycles. The molecule has 150 valence electrons. The Hall–Kier alpha value is -2.41. The zero-order valence-electron chi connectivity index (χ0n) is 16.2. The molecule has 0 unspecified atom stereocenters. The topological polar surface area (TPSA) is 45.6 Å². The van der Waals surface area contributed by atoms with Crippen molar-refractivity contribution in [1.29, 1.82) is 0 Å². The number of nitrogens with zero attached hydrogens (tertiary/aromatic N) is 3. The number of amides is 1. The molecule has 0 bridgehead atoms. The number of hydrogen-bond donors (Lipinski definition) is 0. The van der Waals surface area contributed by atoms with Crippen LogP contribution in [0.15, 0.2) is 59.5 Å². The van der Waals surface area contributed by atoms with Crippen molar-refractivity contribution in [3.8, 4) is 10.4 Å². The second kappa shape index (κ2) is 8.53. The molecule has 1 aromatic carbocycles. The normalized spacial score (nSPS) is 14.9. The summed E-state index contributed by atoms with van der Waals surface area (Å²) in [4.78, 5) is 31.2. The molecule has 4 rings (SSSR count). The van der Waals surface area contributed by atoms with Crippen LogP contribution in [0.3, 0.4) is 0 Å². The number of hydrogen-bond acceptors (Lipinski definition) is 4. The van der Waals surface area contributed by atoms with Gasteiger partial charge in [0.15, 0.2) is 0 Å². The zero-order chi connectivity index (χ0) is 20.4. The molecule has 0 spiro atoms. The van der Waals surface area contributed by atoms with Crippen molar-refractivity contribution >= 4 is 28.8 Å². The van der Waals surface area contributed by atoms with Crippen LogP contribution in [-0.4, -0.2) is 46.5 Å². The van der Waals surface area contributed by atoms with E-state index in [0.717, 1.165) is 30.2 Å². The van der Waals surface area contributed by atoms with Crippen LogP contribution in [-0.2, 0) is 13.6 Å². The molecule has 0 N–H and O–H groups in total. The SMILES string of the molecule is Cn1ccc(C(=O)N2CCN(Cc3ccc(-c4cccc(Cl)c4)s3)CC2)cc1=O. The number of benzene rings is 1. The third-order valence-electron chi connectivity index (χ3n) is 5.16. The first-order chi connectivity index (χ1) is 14.0. The maximum Gasteiger partial charge on any atom is 0.254 e. The summed E-state index contributed by atoms with van der Waals surface area (Å²) in [5.41, 5.74) is 1.44. The lowest BCUT2D eigenvalue weighted by Gasteiger charge is -2.34. The molecular weight excluding hydrogens is 406 g/mol. The van der Waals surface area contributed by atoms with Crippen molar-refractivity contribution in [2.45, 2.75) is 6.54 Å². The molecule has 7 heteroatoms. The van der Waals surface area contributed by atoms with Gasteiger partial charge < -0.3 is 9.47 Å². The number of aromatic nitrogens is 1. The fourth-order valence-corrected chi connectivity index (χ4v) is 4.69. The van der Waals surface area contributed by atoms with E-state index in [9.17, 15) is 9.59 Å². The Labute approximate surface area is 178 Å². The third kappa shape index (κ3) is 4.61. The average molecular weight is 428 g/mol. The van der Waals surface area contributed by atoms with Gasteiger partial charge in [0.2, 0.25) is 0 Å². The van der Waals surface area contributed by atoms with Gasteiger partial charge in [-0.15, -0.1) is 11.3 Å². The monoisotopic (exact) mass is 427 g/mol. The first-order valence-electron chi connectivity index (χ1n) is 9.52. The van der Waals surface area contributed by atoms with Gasteiger partial charge in [-0.05, 0) is 35.9 Å². The van der Waals surface area contributed by atoms with E-state index in [4.69, 9.17) is 11.6 Å². The van der Waals surface area contributed by atoms with Crippen molar-refractivity contribution in [3.63, 3.8) is 0 Å². The minimum Gasteiger partial charge on any atom is -0.336 e. The summed E-state index contributed by atoms with van der Waals surface area (Å²) in [7, 11) is 1.68. The minimum absolute atomic E-state index is 0.0679. The van der Waals surface area contributed by atoms with Gasteiger partial charge in [-0.25, -0.2) is 0 Å². The van der Waals surface area contributed by atoms with E-state index in [1.54, 1.807) is 30.6 Å². The summed E-state index contributed by atoms with van der Waals surface area (Å²) in [6.07, 6.45) is 1.64.